The summed E-state index contributed by atoms with van der Waals surface area (Å²) in [5.41, 5.74) is -4.45. The van der Waals surface area contributed by atoms with E-state index < -0.39 is 69.5 Å². The number of carboxylic acid groups (broad SMARTS) is 1. The van der Waals surface area contributed by atoms with Crippen molar-refractivity contribution in [1.29, 1.82) is 0 Å². The lowest BCUT2D eigenvalue weighted by molar-refractivity contribution is -0.152. The van der Waals surface area contributed by atoms with E-state index in [1.54, 1.807) is 13.8 Å². The predicted octanol–water partition coefficient (Wildman–Crippen LogP) is 6.45. The number of aliphatic carboxylic acids is 1. The van der Waals surface area contributed by atoms with Gasteiger partial charge in [0.1, 0.15) is 5.82 Å². The minimum atomic E-state index is -4.99. The Hall–Kier alpha value is -2.70. The molecule has 1 aromatic heterocycles. The van der Waals surface area contributed by atoms with Crippen molar-refractivity contribution in [3.8, 4) is 0 Å². The summed E-state index contributed by atoms with van der Waals surface area (Å²) in [6.45, 7) is 2.62. The molecule has 1 aliphatic carbocycles. The number of hydrogen-bond acceptors (Lipinski definition) is 5. The third kappa shape index (κ3) is 6.39. The van der Waals surface area contributed by atoms with Crippen LogP contribution < -0.4 is 0 Å². The number of Topliss-reactive ketones (excluding diaryl/α,β-unsaturated/α-hetero) is 1. The van der Waals surface area contributed by atoms with Gasteiger partial charge in [-0.15, -0.1) is 0 Å². The number of aromatic nitrogens is 2. The van der Waals surface area contributed by atoms with Gasteiger partial charge in [0.05, 0.1) is 57.5 Å². The second-order valence-electron chi connectivity index (χ2n) is 11.2. The minimum Gasteiger partial charge on any atom is -0.481 e. The van der Waals surface area contributed by atoms with E-state index in [4.69, 9.17) is 27.9 Å². The number of ether oxygens (including phenoxy) is 1. The van der Waals surface area contributed by atoms with E-state index >= 15 is 0 Å². The van der Waals surface area contributed by atoms with Crippen LogP contribution in [-0.2, 0) is 15.7 Å². The summed E-state index contributed by atoms with van der Waals surface area (Å²) in [6.07, 6.45) is -2.53. The molecule has 224 valence electrons. The highest BCUT2D eigenvalue weighted by atomic mass is 35.5. The highest BCUT2D eigenvalue weighted by Crippen LogP contribution is 2.43. The van der Waals surface area contributed by atoms with Crippen LogP contribution in [-0.4, -0.2) is 62.7 Å². The van der Waals surface area contributed by atoms with E-state index in [9.17, 15) is 37.1 Å². The predicted molar refractivity (Wildman–Crippen MR) is 141 cm³/mol. The molecule has 1 amide bonds. The topological polar surface area (TPSA) is 102 Å². The zero-order valence-electron chi connectivity index (χ0n) is 22.4. The number of carbonyl (C=O) groups excluding carboxylic acids is 2. The summed E-state index contributed by atoms with van der Waals surface area (Å²) < 4.78 is 64.0. The maximum atomic E-state index is 14.5. The SMILES string of the molecule is C[C@]1(CN(CC(=O)c2c(Cl)ccc(F)c2Cl)C(=O)c2cnn([C@H]3CC[C@](C)(C(=O)O)CC3)c2C(F)(F)F)CCCO1. The monoisotopic (exact) mass is 621 g/mol. The van der Waals surface area contributed by atoms with Gasteiger partial charge in [0.15, 0.2) is 11.5 Å². The molecule has 1 N–H and O–H groups in total. The zero-order valence-corrected chi connectivity index (χ0v) is 23.9. The fraction of sp³-hybridized carbons (Fsp3) is 0.556. The van der Waals surface area contributed by atoms with Crippen molar-refractivity contribution in [2.45, 2.75) is 70.2 Å². The third-order valence-corrected chi connectivity index (χ3v) is 8.67. The van der Waals surface area contributed by atoms with Gasteiger partial charge in [-0.05, 0) is 64.5 Å². The molecule has 0 spiro atoms. The van der Waals surface area contributed by atoms with Gasteiger partial charge < -0.3 is 14.7 Å². The molecule has 0 radical (unpaired) electrons. The average molecular weight is 622 g/mol. The summed E-state index contributed by atoms with van der Waals surface area (Å²) >= 11 is 12.1. The molecule has 1 saturated carbocycles. The normalized spacial score (nSPS) is 24.8. The van der Waals surface area contributed by atoms with Gasteiger partial charge in [-0.3, -0.25) is 19.1 Å². The number of rotatable bonds is 8. The average Bonchev–Trinajstić information content (AvgIpc) is 3.53. The van der Waals surface area contributed by atoms with E-state index in [1.165, 1.54) is 0 Å². The van der Waals surface area contributed by atoms with Crippen LogP contribution in [0, 0.1) is 11.2 Å². The van der Waals surface area contributed by atoms with Crippen LogP contribution in [0.15, 0.2) is 18.3 Å². The fourth-order valence-corrected chi connectivity index (χ4v) is 6.13. The molecule has 1 aromatic carbocycles. The number of carboxylic acids is 1. The number of alkyl halides is 3. The van der Waals surface area contributed by atoms with Crippen molar-refractivity contribution in [1.82, 2.24) is 14.7 Å². The van der Waals surface area contributed by atoms with Crippen molar-refractivity contribution in [2.24, 2.45) is 5.41 Å². The Labute approximate surface area is 243 Å². The first kappa shape index (κ1) is 31.2. The van der Waals surface area contributed by atoms with Crippen molar-refractivity contribution in [2.75, 3.05) is 19.7 Å². The van der Waals surface area contributed by atoms with Crippen LogP contribution in [0.4, 0.5) is 17.6 Å². The summed E-state index contributed by atoms with van der Waals surface area (Å²) in [4.78, 5) is 39.6. The first-order chi connectivity index (χ1) is 19.1. The Balaban J connectivity index is 1.70. The fourth-order valence-electron chi connectivity index (χ4n) is 5.55. The molecule has 4 rings (SSSR count). The number of amides is 1. The van der Waals surface area contributed by atoms with Crippen LogP contribution in [0.2, 0.25) is 10.0 Å². The number of ketones is 1. The van der Waals surface area contributed by atoms with E-state index in [0.29, 0.717) is 19.4 Å². The standard InChI is InChI=1S/C27H29Cl2F4N3O5/c1-25(24(39)40)9-6-15(7-10-25)36-22(27(31,32)33)16(12-34-36)23(38)35(14-26(2)8-3-11-41-26)13-19(37)20-17(28)4-5-18(30)21(20)29/h4-5,12,15H,3,6-11,13-14H2,1-2H3,(H,39,40)/t15-,25-,26-/m1/s1. The van der Waals surface area contributed by atoms with Crippen LogP contribution in [0.1, 0.15) is 84.8 Å². The summed E-state index contributed by atoms with van der Waals surface area (Å²) in [6, 6.07) is 1.30. The lowest BCUT2D eigenvalue weighted by Crippen LogP contribution is -2.46. The Morgan fingerprint density at radius 1 is 1.17 bits per heavy atom. The number of hydrogen-bond donors (Lipinski definition) is 1. The van der Waals surface area contributed by atoms with E-state index in [-0.39, 0.29) is 42.8 Å². The van der Waals surface area contributed by atoms with Gasteiger partial charge in [-0.1, -0.05) is 23.2 Å². The largest absolute Gasteiger partial charge is 0.481 e. The molecule has 1 atom stereocenters. The maximum absolute atomic E-state index is 14.5. The van der Waals surface area contributed by atoms with Gasteiger partial charge in [-0.25, -0.2) is 4.39 Å². The molecule has 2 fully saturated rings. The van der Waals surface area contributed by atoms with Crippen LogP contribution in [0.25, 0.3) is 0 Å². The summed E-state index contributed by atoms with van der Waals surface area (Å²) in [7, 11) is 0. The Morgan fingerprint density at radius 3 is 2.39 bits per heavy atom. The molecule has 2 heterocycles. The van der Waals surface area contributed by atoms with Crippen LogP contribution >= 0.6 is 23.2 Å². The molecule has 0 bridgehead atoms. The first-order valence-electron chi connectivity index (χ1n) is 13.0. The summed E-state index contributed by atoms with van der Waals surface area (Å²) in [5, 5.41) is 12.7. The molecular formula is C27H29Cl2F4N3O5. The van der Waals surface area contributed by atoms with Crippen molar-refractivity contribution < 1.29 is 41.8 Å². The molecule has 41 heavy (non-hydrogen) atoms. The Bertz CT molecular complexity index is 1350. The van der Waals surface area contributed by atoms with E-state index in [2.05, 4.69) is 5.10 Å². The quantitative estimate of drug-likeness (QED) is 0.206. The van der Waals surface area contributed by atoms with Gasteiger partial charge in [0.2, 0.25) is 0 Å². The zero-order chi connectivity index (χ0) is 30.3. The first-order valence-corrected chi connectivity index (χ1v) is 13.8. The molecule has 0 unspecified atom stereocenters. The molecule has 1 aliphatic heterocycles. The van der Waals surface area contributed by atoms with Crippen LogP contribution in [0.3, 0.4) is 0 Å². The van der Waals surface area contributed by atoms with E-state index in [0.717, 1.165) is 27.9 Å². The van der Waals surface area contributed by atoms with Crippen LogP contribution in [0.5, 0.6) is 0 Å². The maximum Gasteiger partial charge on any atom is 0.433 e. The van der Waals surface area contributed by atoms with Gasteiger partial charge in [0, 0.05) is 6.61 Å². The molecular weight excluding hydrogens is 593 g/mol. The molecule has 2 aromatic rings. The van der Waals surface area contributed by atoms with Crippen molar-refractivity contribution >= 4 is 40.9 Å². The summed E-state index contributed by atoms with van der Waals surface area (Å²) in [5.74, 6) is -3.93. The highest BCUT2D eigenvalue weighted by Gasteiger charge is 2.46. The number of nitrogens with zero attached hydrogens (tertiary/aromatic N) is 3. The number of benzene rings is 1. The van der Waals surface area contributed by atoms with Crippen molar-refractivity contribution in [3.05, 3.63) is 51.0 Å². The second kappa shape index (κ2) is 11.5. The molecule has 14 heteroatoms. The Kier molecular flexibility index (Phi) is 8.78. The molecule has 1 saturated heterocycles. The number of halogens is 6. The molecule has 8 nitrogen and oxygen atoms in total. The molecule has 2 aliphatic rings. The third-order valence-electron chi connectivity index (χ3n) is 7.99. The van der Waals surface area contributed by atoms with Gasteiger partial charge in [-0.2, -0.15) is 18.3 Å². The smallest absolute Gasteiger partial charge is 0.433 e. The lowest BCUT2D eigenvalue weighted by atomic mass is 9.74. The van der Waals surface area contributed by atoms with Crippen molar-refractivity contribution in [3.63, 3.8) is 0 Å². The van der Waals surface area contributed by atoms with Gasteiger partial charge in [0.25, 0.3) is 5.91 Å². The number of carbonyl (C=O) groups is 3. The lowest BCUT2D eigenvalue weighted by Gasteiger charge is -2.35. The van der Waals surface area contributed by atoms with Gasteiger partial charge >= 0.3 is 12.1 Å². The second-order valence-corrected chi connectivity index (χ2v) is 11.9. The highest BCUT2D eigenvalue weighted by molar-refractivity contribution is 6.40. The Morgan fingerprint density at radius 2 is 1.83 bits per heavy atom. The van der Waals surface area contributed by atoms with E-state index in [1.807, 2.05) is 0 Å². The minimum absolute atomic E-state index is 0.117.